The molecule has 0 atom stereocenters. The molecule has 467 valence electrons. The fourth-order valence-electron chi connectivity index (χ4n) is 10.6. The van der Waals surface area contributed by atoms with Gasteiger partial charge >= 0.3 is 0 Å². The van der Waals surface area contributed by atoms with Gasteiger partial charge in [-0.05, 0) is 109 Å². The van der Waals surface area contributed by atoms with Crippen LogP contribution in [0, 0.1) is 106 Å². The summed E-state index contributed by atoms with van der Waals surface area (Å²) in [6, 6.07) is 90.7. The third kappa shape index (κ3) is 20.5. The number of hydrogen-bond acceptors (Lipinski definition) is 5. The fraction of sp³-hybridized carbons (Fsp3) is 0.131. The normalized spacial score (nSPS) is 10.1. The van der Waals surface area contributed by atoms with Crippen LogP contribution in [0.15, 0.2) is 249 Å². The van der Waals surface area contributed by atoms with Crippen LogP contribution < -0.4 is 0 Å². The van der Waals surface area contributed by atoms with Crippen LogP contribution in [0.3, 0.4) is 0 Å². The summed E-state index contributed by atoms with van der Waals surface area (Å²) in [6.45, 7) is 23.1. The molecule has 0 unspecified atom stereocenters. The van der Waals surface area contributed by atoms with Gasteiger partial charge in [0, 0.05) is 108 Å². The van der Waals surface area contributed by atoms with Crippen molar-refractivity contribution >= 4 is 0 Å². The molecule has 13 aromatic rings. The molecule has 8 aromatic carbocycles. The van der Waals surface area contributed by atoms with E-state index in [1.807, 2.05) is 110 Å². The van der Waals surface area contributed by atoms with Crippen molar-refractivity contribution < 1.29 is 60.3 Å². The number of hydrogen-bond donors (Lipinski definition) is 0. The van der Waals surface area contributed by atoms with E-state index < -0.39 is 0 Å². The monoisotopic (exact) mass is 1730 g/mol. The molecule has 3 radical (unpaired) electrons. The van der Waals surface area contributed by atoms with Gasteiger partial charge in [-0.15, -0.1) is 176 Å². The average Bonchev–Trinajstić information content (AvgIpc) is 0.883. The van der Waals surface area contributed by atoms with Gasteiger partial charge in [0.1, 0.15) is 0 Å². The number of nitrogens with zero attached hydrogens (tertiary/aromatic N) is 5. The minimum absolute atomic E-state index is 0. The zero-order chi connectivity index (χ0) is 62.7. The molecule has 5 heterocycles. The van der Waals surface area contributed by atoms with Crippen molar-refractivity contribution in [2.45, 2.75) is 76.2 Å². The first kappa shape index (κ1) is 72.5. The molecule has 0 aliphatic carbocycles. The van der Waals surface area contributed by atoms with Crippen molar-refractivity contribution in [3.8, 4) is 89.7 Å². The number of pyridine rings is 5. The quantitative estimate of drug-likeness (QED) is 0.142. The van der Waals surface area contributed by atoms with E-state index in [1.165, 1.54) is 77.9 Å². The number of benzene rings is 8. The van der Waals surface area contributed by atoms with Crippen LogP contribution in [-0.4, -0.2) is 24.9 Å². The second-order valence-corrected chi connectivity index (χ2v) is 22.4. The molecule has 8 heteroatoms. The first-order valence-electron chi connectivity index (χ1n) is 30.0. The zero-order valence-corrected chi connectivity index (χ0v) is 61.1. The Hall–Kier alpha value is -8.54. The van der Waals surface area contributed by atoms with Gasteiger partial charge in [0.05, 0.1) is 0 Å². The van der Waals surface area contributed by atoms with Gasteiger partial charge < -0.3 is 24.9 Å². The molecule has 5 aromatic heterocycles. The summed E-state index contributed by atoms with van der Waals surface area (Å²) in [5.41, 5.74) is 30.7. The molecule has 0 bridgehead atoms. The summed E-state index contributed by atoms with van der Waals surface area (Å²) >= 11 is 0. The van der Waals surface area contributed by atoms with E-state index in [9.17, 15) is 0 Å². The van der Waals surface area contributed by atoms with Crippen LogP contribution in [0.5, 0.6) is 0 Å². The van der Waals surface area contributed by atoms with Crippen molar-refractivity contribution in [2.24, 2.45) is 0 Å². The molecule has 0 spiro atoms. The van der Waals surface area contributed by atoms with Crippen LogP contribution in [0.4, 0.5) is 0 Å². The summed E-state index contributed by atoms with van der Waals surface area (Å²) in [4.78, 5) is 22.5. The van der Waals surface area contributed by atoms with Crippen molar-refractivity contribution in [2.75, 3.05) is 0 Å². The molecule has 0 aliphatic heterocycles. The Morgan fingerprint density at radius 3 is 0.804 bits per heavy atom. The molecule has 92 heavy (non-hydrogen) atoms. The molecule has 0 aliphatic rings. The maximum Gasteiger partial charge on any atom is 0.0242 e. The van der Waals surface area contributed by atoms with E-state index in [4.69, 9.17) is 0 Å². The fourth-order valence-corrected chi connectivity index (χ4v) is 10.6. The van der Waals surface area contributed by atoms with E-state index in [1.54, 1.807) is 0 Å². The van der Waals surface area contributed by atoms with Crippen molar-refractivity contribution in [1.29, 1.82) is 0 Å². The van der Waals surface area contributed by atoms with E-state index in [2.05, 4.69) is 271 Å². The third-order valence-electron chi connectivity index (χ3n) is 14.8. The minimum atomic E-state index is 0. The van der Waals surface area contributed by atoms with E-state index in [0.29, 0.717) is 0 Å². The Bertz CT molecular complexity index is 3960. The standard InChI is InChI=1S/3C20H18N.2C12H10N.3Ir/c3*1-14-9-15(2)11-18(10-14)20-12-16(3)19(13-21-20)17-7-5-4-6-8-17;2*1-10-6-5-9-13-12(10)11-7-3-2-4-8-11;;;/h3*4-10,12-13H,1-3H3;2*2-7,9H,1H3;;;/q5*-1;;;. The predicted molar refractivity (Wildman–Crippen MR) is 371 cm³/mol. The first-order valence-corrected chi connectivity index (χ1v) is 30.0. The van der Waals surface area contributed by atoms with E-state index in [0.717, 1.165) is 73.0 Å². The Labute approximate surface area is 587 Å². The molecule has 0 fully saturated rings. The number of aromatic nitrogens is 5. The third-order valence-corrected chi connectivity index (χ3v) is 14.8. The maximum absolute atomic E-state index is 4.64. The van der Waals surface area contributed by atoms with Crippen molar-refractivity contribution in [3.05, 3.63) is 341 Å². The predicted octanol–water partition coefficient (Wildman–Crippen LogP) is 21.1. The van der Waals surface area contributed by atoms with Crippen molar-refractivity contribution in [3.63, 3.8) is 0 Å². The van der Waals surface area contributed by atoms with Gasteiger partial charge in [-0.3, -0.25) is 0 Å². The van der Waals surface area contributed by atoms with Gasteiger partial charge in [-0.1, -0.05) is 174 Å². The van der Waals surface area contributed by atoms with Crippen LogP contribution >= 0.6 is 0 Å². The Balaban J connectivity index is 0.000000184. The van der Waals surface area contributed by atoms with Crippen LogP contribution in [0.1, 0.15) is 61.2 Å². The number of aryl methyl sites for hydroxylation is 11. The van der Waals surface area contributed by atoms with Gasteiger partial charge in [0.2, 0.25) is 0 Å². The van der Waals surface area contributed by atoms with E-state index in [-0.39, 0.29) is 60.3 Å². The summed E-state index contributed by atoms with van der Waals surface area (Å²) in [5, 5.41) is 0. The second-order valence-electron chi connectivity index (χ2n) is 22.4. The van der Waals surface area contributed by atoms with Crippen molar-refractivity contribution in [1.82, 2.24) is 24.9 Å². The minimum Gasteiger partial charge on any atom is -0.304 e. The van der Waals surface area contributed by atoms with Gasteiger partial charge in [-0.2, -0.15) is 0 Å². The summed E-state index contributed by atoms with van der Waals surface area (Å²) in [5.74, 6) is 0. The molecule has 5 nitrogen and oxygen atoms in total. The molecule has 0 amide bonds. The molecular weight excluding hydrogens is 1660 g/mol. The Morgan fingerprint density at radius 1 is 0.261 bits per heavy atom. The maximum atomic E-state index is 4.64. The summed E-state index contributed by atoms with van der Waals surface area (Å²) in [7, 11) is 0. The first-order chi connectivity index (χ1) is 43.1. The molecule has 0 saturated carbocycles. The Morgan fingerprint density at radius 2 is 0.554 bits per heavy atom. The summed E-state index contributed by atoms with van der Waals surface area (Å²) < 4.78 is 0. The average molecular weight is 1730 g/mol. The van der Waals surface area contributed by atoms with Gasteiger partial charge in [0.15, 0.2) is 0 Å². The van der Waals surface area contributed by atoms with Crippen LogP contribution in [0.2, 0.25) is 0 Å². The summed E-state index contributed by atoms with van der Waals surface area (Å²) in [6.07, 6.45) is 9.51. The van der Waals surface area contributed by atoms with Gasteiger partial charge in [-0.25, -0.2) is 0 Å². The smallest absolute Gasteiger partial charge is 0.0242 e. The molecule has 13 rings (SSSR count). The van der Waals surface area contributed by atoms with Crippen LogP contribution in [-0.2, 0) is 60.3 Å². The SMILES string of the molecule is Cc1[c-]c(-c2cc(C)c(-c3ccccc3)cn2)cc(C)c1.Cc1[c-]c(-c2cc(C)c(-c3ccccc3)cn2)cc(C)c1.Cc1[c-]c(-c2cc(C)c(-c3ccccc3)cn2)cc(C)c1.Cc1cccnc1-c1[c-]cccc1.Cc1cccnc1-c1[c-]cccc1.[Ir].[Ir].[Ir]. The molecule has 0 N–H and O–H groups in total. The largest absolute Gasteiger partial charge is 0.304 e. The second kappa shape index (κ2) is 35.9. The van der Waals surface area contributed by atoms with Crippen LogP contribution in [0.25, 0.3) is 89.7 Å². The van der Waals surface area contributed by atoms with Gasteiger partial charge in [0.25, 0.3) is 0 Å². The Kier molecular flexibility index (Phi) is 28.3. The zero-order valence-electron chi connectivity index (χ0n) is 53.9. The van der Waals surface area contributed by atoms with E-state index >= 15 is 0 Å². The topological polar surface area (TPSA) is 64.5 Å². The molecular formula is C84H74Ir3N5-5. The molecule has 0 saturated heterocycles. The number of rotatable bonds is 8.